The number of hydrogen-bond donors (Lipinski definition) is 4. The van der Waals surface area contributed by atoms with Crippen LogP contribution in [0.15, 0.2) is 41.9 Å². The van der Waals surface area contributed by atoms with E-state index in [0.717, 1.165) is 54.8 Å². The lowest BCUT2D eigenvalue weighted by molar-refractivity contribution is -0.146. The minimum Gasteiger partial charge on any atom is -0.497 e. The molecule has 1 saturated heterocycles. The van der Waals surface area contributed by atoms with Gasteiger partial charge in [-0.05, 0) is 68.9 Å². The fourth-order valence-electron chi connectivity index (χ4n) is 8.18. The first-order valence-electron chi connectivity index (χ1n) is 19.8. The van der Waals surface area contributed by atoms with Gasteiger partial charge in [-0.15, -0.1) is 6.58 Å². The van der Waals surface area contributed by atoms with E-state index < -0.39 is 58.9 Å². The van der Waals surface area contributed by atoms with Crippen LogP contribution >= 0.6 is 11.8 Å². The van der Waals surface area contributed by atoms with Crippen LogP contribution in [0.25, 0.3) is 10.9 Å². The highest BCUT2D eigenvalue weighted by atomic mass is 32.2. The van der Waals surface area contributed by atoms with Crippen molar-refractivity contribution in [3.63, 3.8) is 0 Å². The van der Waals surface area contributed by atoms with E-state index in [1.54, 1.807) is 18.9 Å². The number of likely N-dealkylation sites (tertiary alicyclic amines) is 1. The number of pyridine rings is 1. The standard InChI is InChI=1S/C41H54N6O8S/c1-7-23-20-41(23,37(50)51)46-35(48)31-18-27(21-47(31)36(49)34(40(3,4)5)45-39(52)55-25-13-8-9-14-25)54-32-19-30(43-29-17-26(53-6)15-16-28(29)32)33-22(2)56-38(44-33)42-24-11-10-12-24/h7,15-17,19,22-25,27,31,33-34H,1,8-14,18,20-21H2,2-6H3,(H,42,44)(H,45,52)(H,46,48)(H,50,51)/t22?,23-,27-,31+,33?,34-,41-/m1/s1. The Balaban J connectivity index is 1.19. The molecule has 5 aliphatic rings. The molecule has 0 radical (unpaired) electrons. The zero-order chi connectivity index (χ0) is 39.9. The van der Waals surface area contributed by atoms with Crippen molar-refractivity contribution in [2.75, 3.05) is 13.7 Å². The number of aliphatic imine (C=N–C) groups is 1. The summed E-state index contributed by atoms with van der Waals surface area (Å²) in [5, 5.41) is 21.0. The number of carboxylic acids is 1. The fourth-order valence-corrected chi connectivity index (χ4v) is 9.27. The SMILES string of the molecule is C=C[C@@H]1C[C@]1(NC(=O)[C@@H]1C[C@@H](Oc2cc(C3N=C(NC4CCC4)SC3C)nc3cc(OC)ccc23)CN1C(=O)[C@@H](NC(=O)OC1CCCC1)C(C)(C)C)C(=O)O. The van der Waals surface area contributed by atoms with Crippen LogP contribution in [-0.2, 0) is 19.1 Å². The average molecular weight is 791 g/mol. The van der Waals surface area contributed by atoms with E-state index in [1.807, 2.05) is 45.0 Å². The van der Waals surface area contributed by atoms with Crippen LogP contribution in [0.2, 0.25) is 0 Å². The lowest BCUT2D eigenvalue weighted by Crippen LogP contribution is -2.59. The molecular formula is C41H54N6O8S. The highest BCUT2D eigenvalue weighted by Crippen LogP contribution is 2.45. The summed E-state index contributed by atoms with van der Waals surface area (Å²) in [5.41, 5.74) is -0.902. The topological polar surface area (TPSA) is 181 Å². The van der Waals surface area contributed by atoms with Gasteiger partial charge in [0.25, 0.3) is 0 Å². The van der Waals surface area contributed by atoms with Gasteiger partial charge in [0.1, 0.15) is 47.4 Å². The van der Waals surface area contributed by atoms with Gasteiger partial charge in [0.15, 0.2) is 5.17 Å². The summed E-state index contributed by atoms with van der Waals surface area (Å²) in [4.78, 5) is 65.8. The summed E-state index contributed by atoms with van der Waals surface area (Å²) in [5.74, 6) is -1.57. The van der Waals surface area contributed by atoms with E-state index in [4.69, 9.17) is 24.2 Å². The van der Waals surface area contributed by atoms with Crippen molar-refractivity contribution in [2.45, 2.75) is 133 Å². The lowest BCUT2D eigenvalue weighted by Gasteiger charge is -2.35. The molecule has 14 nitrogen and oxygen atoms in total. The van der Waals surface area contributed by atoms with E-state index in [0.29, 0.717) is 23.1 Å². The Hall–Kier alpha value is -4.53. The number of amides is 3. The average Bonchev–Trinajstić information content (AvgIpc) is 3.47. The molecule has 1 aromatic carbocycles. The number of thioether (sulfide) groups is 1. The molecule has 3 heterocycles. The zero-order valence-electron chi connectivity index (χ0n) is 32.8. The molecule has 2 aromatic rings. The summed E-state index contributed by atoms with van der Waals surface area (Å²) in [6, 6.07) is 5.49. The Bertz CT molecular complexity index is 1910. The molecule has 7 rings (SSSR count). The smallest absolute Gasteiger partial charge is 0.408 e. The Labute approximate surface area is 332 Å². The quantitative estimate of drug-likeness (QED) is 0.200. The van der Waals surface area contributed by atoms with E-state index in [9.17, 15) is 24.3 Å². The fraction of sp³-hybridized carbons (Fsp3) is 0.610. The number of methoxy groups -OCH3 is 1. The summed E-state index contributed by atoms with van der Waals surface area (Å²) in [6.45, 7) is 11.4. The number of carbonyl (C=O) groups is 4. The van der Waals surface area contributed by atoms with Crippen molar-refractivity contribution >= 4 is 51.7 Å². The van der Waals surface area contributed by atoms with Gasteiger partial charge in [0.2, 0.25) is 11.8 Å². The highest BCUT2D eigenvalue weighted by Gasteiger charge is 2.61. The summed E-state index contributed by atoms with van der Waals surface area (Å²) < 4.78 is 18.0. The van der Waals surface area contributed by atoms with E-state index in [1.165, 1.54) is 17.4 Å². The number of rotatable bonds is 12. The minimum atomic E-state index is -1.50. The molecule has 4 N–H and O–H groups in total. The van der Waals surface area contributed by atoms with Crippen LogP contribution in [0.5, 0.6) is 11.5 Å². The third-order valence-corrected chi connectivity index (χ3v) is 12.9. The lowest BCUT2D eigenvalue weighted by atomic mass is 9.85. The second-order valence-electron chi connectivity index (χ2n) is 17.0. The zero-order valence-corrected chi connectivity index (χ0v) is 33.7. The molecule has 3 aliphatic carbocycles. The van der Waals surface area contributed by atoms with Gasteiger partial charge < -0.3 is 40.2 Å². The second-order valence-corrected chi connectivity index (χ2v) is 18.3. The van der Waals surface area contributed by atoms with Crippen LogP contribution in [0, 0.1) is 11.3 Å². The molecule has 3 saturated carbocycles. The summed E-state index contributed by atoms with van der Waals surface area (Å²) in [6.07, 6.45) is 7.20. The van der Waals surface area contributed by atoms with Crippen molar-refractivity contribution < 1.29 is 38.5 Å². The number of alkyl carbamates (subject to hydrolysis) is 1. The Morgan fingerprint density at radius 2 is 1.84 bits per heavy atom. The van der Waals surface area contributed by atoms with Crippen molar-refractivity contribution in [3.8, 4) is 11.5 Å². The number of aliphatic carboxylic acids is 1. The Morgan fingerprint density at radius 1 is 1.09 bits per heavy atom. The van der Waals surface area contributed by atoms with Gasteiger partial charge in [0.05, 0.1) is 24.9 Å². The van der Waals surface area contributed by atoms with Gasteiger partial charge in [-0.25, -0.2) is 9.59 Å². The highest BCUT2D eigenvalue weighted by molar-refractivity contribution is 8.14. The van der Waals surface area contributed by atoms with Crippen LogP contribution in [-0.4, -0.2) is 98.8 Å². The molecule has 2 aliphatic heterocycles. The first-order valence-corrected chi connectivity index (χ1v) is 20.7. The third kappa shape index (κ3) is 8.14. The second kappa shape index (κ2) is 15.8. The maximum atomic E-state index is 14.6. The monoisotopic (exact) mass is 790 g/mol. The molecule has 4 fully saturated rings. The molecule has 0 bridgehead atoms. The van der Waals surface area contributed by atoms with Gasteiger partial charge >= 0.3 is 12.1 Å². The first kappa shape index (κ1) is 39.7. The van der Waals surface area contributed by atoms with Crippen LogP contribution in [0.1, 0.15) is 97.2 Å². The van der Waals surface area contributed by atoms with Crippen molar-refractivity contribution in [3.05, 3.63) is 42.6 Å². The van der Waals surface area contributed by atoms with Crippen LogP contribution in [0.4, 0.5) is 4.79 Å². The number of ether oxygens (including phenoxy) is 3. The number of carboxylic acid groups (broad SMARTS) is 1. The maximum Gasteiger partial charge on any atom is 0.408 e. The third-order valence-electron chi connectivity index (χ3n) is 11.9. The number of hydrogen-bond acceptors (Lipinski definition) is 11. The molecule has 7 atom stereocenters. The molecule has 56 heavy (non-hydrogen) atoms. The van der Waals surface area contributed by atoms with E-state index in [-0.39, 0.29) is 36.8 Å². The Kier molecular flexibility index (Phi) is 11.2. The van der Waals surface area contributed by atoms with E-state index in [2.05, 4.69) is 29.5 Å². The summed E-state index contributed by atoms with van der Waals surface area (Å²) in [7, 11) is 1.59. The number of aromatic nitrogens is 1. The first-order chi connectivity index (χ1) is 26.7. The van der Waals surface area contributed by atoms with Gasteiger partial charge in [0, 0.05) is 41.1 Å². The van der Waals surface area contributed by atoms with Gasteiger partial charge in [-0.2, -0.15) is 0 Å². The van der Waals surface area contributed by atoms with Crippen LogP contribution < -0.4 is 25.4 Å². The number of benzene rings is 1. The van der Waals surface area contributed by atoms with Gasteiger partial charge in [-0.3, -0.25) is 19.6 Å². The molecule has 15 heteroatoms. The molecular weight excluding hydrogens is 737 g/mol. The number of nitrogens with one attached hydrogen (secondary N) is 3. The number of amidine groups is 1. The normalized spacial score (nSPS) is 28.2. The van der Waals surface area contributed by atoms with Crippen molar-refractivity contribution in [2.24, 2.45) is 16.3 Å². The predicted molar refractivity (Wildman–Crippen MR) is 213 cm³/mol. The maximum absolute atomic E-state index is 14.6. The largest absolute Gasteiger partial charge is 0.497 e. The Morgan fingerprint density at radius 3 is 2.46 bits per heavy atom. The molecule has 3 amide bonds. The molecule has 302 valence electrons. The van der Waals surface area contributed by atoms with Gasteiger partial charge in [-0.1, -0.05) is 45.5 Å². The van der Waals surface area contributed by atoms with Crippen molar-refractivity contribution in [1.82, 2.24) is 25.8 Å². The van der Waals surface area contributed by atoms with E-state index >= 15 is 0 Å². The van der Waals surface area contributed by atoms with Crippen LogP contribution in [0.3, 0.4) is 0 Å². The number of carbonyl (C=O) groups excluding carboxylic acids is 3. The van der Waals surface area contributed by atoms with Crippen molar-refractivity contribution in [1.29, 1.82) is 0 Å². The number of nitrogens with zero attached hydrogens (tertiary/aromatic N) is 3. The molecule has 2 unspecified atom stereocenters. The minimum absolute atomic E-state index is 0.00636. The molecule has 0 spiro atoms. The summed E-state index contributed by atoms with van der Waals surface area (Å²) >= 11 is 1.69. The molecule has 1 aromatic heterocycles. The predicted octanol–water partition coefficient (Wildman–Crippen LogP) is 5.50. The number of fused-ring (bicyclic) bond motifs is 1.